The van der Waals surface area contributed by atoms with Crippen LogP contribution in [-0.4, -0.2) is 0 Å². The highest BCUT2D eigenvalue weighted by atomic mass is 79.9. The molecule has 45 heavy (non-hydrogen) atoms. The maximum Gasteiger partial charge on any atom is 0.0176 e. The van der Waals surface area contributed by atoms with E-state index in [0.29, 0.717) is 0 Å². The number of thiol groups is 5. The van der Waals surface area contributed by atoms with Crippen molar-refractivity contribution >= 4 is 143 Å². The molecule has 0 spiro atoms. The first kappa shape index (κ1) is 54.4. The van der Waals surface area contributed by atoms with Crippen LogP contribution in [0.25, 0.3) is 0 Å². The summed E-state index contributed by atoms with van der Waals surface area (Å²) in [6.07, 6.45) is 0. The molecule has 250 valence electrons. The maximum absolute atomic E-state index is 4.11. The minimum Gasteiger partial charge on any atom is -0.269 e. The number of rotatable bonds is 0. The van der Waals surface area contributed by atoms with Gasteiger partial charge in [-0.3, -0.25) is 23.5 Å². The molecule has 15 heteroatoms. The van der Waals surface area contributed by atoms with Gasteiger partial charge in [0, 0.05) is 46.8 Å². The molecule has 0 unspecified atom stereocenters. The molecule has 5 aromatic carbocycles. The van der Waals surface area contributed by atoms with Gasteiger partial charge in [0.2, 0.25) is 0 Å². The lowest BCUT2D eigenvalue weighted by Crippen LogP contribution is -1.62. The second-order valence-corrected chi connectivity index (χ2v) is 14.5. The van der Waals surface area contributed by atoms with Crippen molar-refractivity contribution < 1.29 is 23.5 Å². The predicted octanol–water partition coefficient (Wildman–Crippen LogP) is 14.5. The van der Waals surface area contributed by atoms with Crippen LogP contribution in [0.2, 0.25) is 0 Å². The van der Waals surface area contributed by atoms with Gasteiger partial charge in [-0.1, -0.05) is 79.6 Å². The zero-order chi connectivity index (χ0) is 29.9. The van der Waals surface area contributed by atoms with Crippen LogP contribution in [0.1, 0.15) is 0 Å². The van der Waals surface area contributed by atoms with E-state index >= 15 is 0 Å². The van der Waals surface area contributed by atoms with Gasteiger partial charge in [0.1, 0.15) is 0 Å². The summed E-state index contributed by atoms with van der Waals surface area (Å²) in [5, 5.41) is 0. The summed E-state index contributed by atoms with van der Waals surface area (Å²) in [5.74, 6) is 0. The Bertz CT molecular complexity index is 1010. The van der Waals surface area contributed by atoms with Gasteiger partial charge in [0.15, 0.2) is 0 Å². The van der Waals surface area contributed by atoms with Crippen LogP contribution in [0.5, 0.6) is 0 Å². The van der Waals surface area contributed by atoms with Crippen LogP contribution in [0.4, 0.5) is 23.5 Å². The first-order chi connectivity index (χ1) is 18.9. The Labute approximate surface area is 330 Å². The van der Waals surface area contributed by atoms with E-state index < -0.39 is 0 Å². The lowest BCUT2D eigenvalue weighted by Gasteiger charge is -1.87. The Hall–Kier alpha value is -0.100. The van der Waals surface area contributed by atoms with E-state index in [1.54, 1.807) is 0 Å². The topological polar surface area (TPSA) is 0 Å². The van der Waals surface area contributed by atoms with Gasteiger partial charge < -0.3 is 0 Å². The first-order valence-corrected chi connectivity index (χ1v) is 17.4. The molecule has 0 aromatic heterocycles. The van der Waals surface area contributed by atoms with Crippen molar-refractivity contribution in [1.29, 1.82) is 0 Å². The molecule has 5 aromatic rings. The van der Waals surface area contributed by atoms with Crippen molar-refractivity contribution in [3.63, 3.8) is 0 Å². The Kier molecular flexibility index (Phi) is 39.2. The van der Waals surface area contributed by atoms with Crippen molar-refractivity contribution in [1.82, 2.24) is 0 Å². The molecular weight excluding hydrogens is 1020 g/mol. The lowest BCUT2D eigenvalue weighted by atomic mass is 10.4. The second kappa shape index (κ2) is 32.4. The van der Waals surface area contributed by atoms with Crippen LogP contribution in [-0.2, 0) is 0 Å². The van der Waals surface area contributed by atoms with Gasteiger partial charge in [-0.15, -0.1) is 63.1 Å². The molecule has 0 radical (unpaired) electrons. The van der Waals surface area contributed by atoms with Crippen molar-refractivity contribution in [3.8, 4) is 0 Å². The fourth-order valence-corrected chi connectivity index (χ4v) is 4.27. The molecule has 0 saturated heterocycles. The van der Waals surface area contributed by atoms with Crippen LogP contribution >= 0.6 is 143 Å². The Morgan fingerprint density at radius 2 is 0.311 bits per heavy atom. The van der Waals surface area contributed by atoms with Crippen LogP contribution in [0.3, 0.4) is 0 Å². The molecule has 0 bridgehead atoms. The van der Waals surface area contributed by atoms with Crippen LogP contribution in [0, 0.1) is 0 Å². The zero-order valence-corrected chi connectivity index (χ0v) is 35.1. The minimum atomic E-state index is 0. The summed E-state index contributed by atoms with van der Waals surface area (Å²) < 4.78 is 5.46. The molecule has 0 N–H and O–H groups in total. The molecule has 0 atom stereocenters. The van der Waals surface area contributed by atoms with E-state index in [4.69, 9.17) is 0 Å². The summed E-state index contributed by atoms with van der Waals surface area (Å²) in [6, 6.07) is 39.0. The van der Waals surface area contributed by atoms with Crippen LogP contribution in [0.15, 0.2) is 168 Å². The van der Waals surface area contributed by atoms with E-state index in [0.717, 1.165) is 46.8 Å². The maximum atomic E-state index is 4.11. The van der Waals surface area contributed by atoms with Gasteiger partial charge >= 0.3 is 0 Å². The third-order valence-corrected chi connectivity index (χ3v) is 8.27. The van der Waals surface area contributed by atoms with E-state index in [1.165, 1.54) is 0 Å². The smallest absolute Gasteiger partial charge is 0.0176 e. The minimum absolute atomic E-state index is 0. The van der Waals surface area contributed by atoms with Gasteiger partial charge in [0.05, 0.1) is 0 Å². The van der Waals surface area contributed by atoms with Crippen molar-refractivity contribution in [2.75, 3.05) is 0 Å². The zero-order valence-electron chi connectivity index (χ0n) is 22.7. The Morgan fingerprint density at radius 3 is 0.378 bits per heavy atom. The van der Waals surface area contributed by atoms with E-state index in [9.17, 15) is 0 Å². The summed E-state index contributed by atoms with van der Waals surface area (Å²) in [7, 11) is 0. The van der Waals surface area contributed by atoms with Crippen molar-refractivity contribution in [2.24, 2.45) is 0 Å². The summed E-state index contributed by atoms with van der Waals surface area (Å²) in [5.41, 5.74) is 0. The van der Waals surface area contributed by atoms with Crippen LogP contribution < -0.4 is 0 Å². The highest BCUT2D eigenvalue weighted by molar-refractivity contribution is 9.11. The third-order valence-electron chi connectivity index (χ3n) is 4.13. The normalized spacial score (nSPS) is 8.22. The molecule has 0 heterocycles. The summed E-state index contributed by atoms with van der Waals surface area (Å²) in [6.45, 7) is 0. The Morgan fingerprint density at radius 1 is 0.222 bits per heavy atom. The average molecular weight is 1050 g/mol. The molecule has 5 rings (SSSR count). The third kappa shape index (κ3) is 31.0. The fourth-order valence-electron chi connectivity index (χ4n) is 2.21. The second-order valence-electron chi connectivity index (χ2n) is 7.38. The van der Waals surface area contributed by atoms with Gasteiger partial charge in [-0.2, -0.15) is 0 Å². The molecule has 0 aliphatic carbocycles. The fraction of sp³-hybridized carbons (Fsp3) is 0. The summed E-state index contributed by atoms with van der Waals surface area (Å²) >= 11 is 37.1. The molecular formula is C30H30Br5F5S5. The Balaban J connectivity index is -0.000000144. The molecule has 0 saturated carbocycles. The van der Waals surface area contributed by atoms with Gasteiger partial charge in [0.25, 0.3) is 0 Å². The average Bonchev–Trinajstić information content (AvgIpc) is 2.94. The molecule has 0 amide bonds. The monoisotopic (exact) mass is 1040 g/mol. The highest BCUT2D eigenvalue weighted by Crippen LogP contribution is 2.15. The quantitative estimate of drug-likeness (QED) is 0.0741. The predicted molar refractivity (Wildman–Crippen MR) is 219 cm³/mol. The van der Waals surface area contributed by atoms with Crippen molar-refractivity contribution in [3.05, 3.63) is 144 Å². The first-order valence-electron chi connectivity index (χ1n) is 11.2. The SMILES string of the molecule is F.F.F.F.F.Sc1ccc(Br)cc1.Sc1ccc(Br)cc1.Sc1ccc(Br)cc1.Sc1ccc(Br)cc1.Sc1ccc(Br)cc1. The number of hydrogen-bond acceptors (Lipinski definition) is 5. The van der Waals surface area contributed by atoms with E-state index in [1.807, 2.05) is 121 Å². The highest BCUT2D eigenvalue weighted by Gasteiger charge is 1.85. The molecule has 0 nitrogen and oxygen atoms in total. The van der Waals surface area contributed by atoms with E-state index in [2.05, 4.69) is 143 Å². The largest absolute Gasteiger partial charge is 0.269 e. The van der Waals surface area contributed by atoms with E-state index in [-0.39, 0.29) is 23.5 Å². The van der Waals surface area contributed by atoms with Crippen molar-refractivity contribution in [2.45, 2.75) is 24.5 Å². The van der Waals surface area contributed by atoms with Gasteiger partial charge in [-0.05, 0) is 121 Å². The molecule has 0 fully saturated rings. The lowest BCUT2D eigenvalue weighted by molar-refractivity contribution is 1.11. The number of halogens is 10. The molecule has 0 aliphatic heterocycles. The van der Waals surface area contributed by atoms with Gasteiger partial charge in [-0.25, -0.2) is 0 Å². The number of hydrogen-bond donors (Lipinski definition) is 5. The number of benzene rings is 5. The standard InChI is InChI=1S/5C6H5BrS.5FH/c5*7-5-1-3-6(8)4-2-5;;;;;/h5*1-4,8H;5*1H. The summed E-state index contributed by atoms with van der Waals surface area (Å²) in [4.78, 5) is 4.97. The molecule has 0 aliphatic rings.